The Morgan fingerprint density at radius 1 is 1.44 bits per heavy atom. The van der Waals surface area contributed by atoms with Crippen LogP contribution in [0.3, 0.4) is 0 Å². The van der Waals surface area contributed by atoms with Gasteiger partial charge in [0.25, 0.3) is 0 Å². The summed E-state index contributed by atoms with van der Waals surface area (Å²) in [6.45, 7) is 1.34. The summed E-state index contributed by atoms with van der Waals surface area (Å²) in [4.78, 5) is 20.3. The first-order valence-corrected chi connectivity index (χ1v) is 2.23. The summed E-state index contributed by atoms with van der Waals surface area (Å²) in [6.07, 6.45) is -0.115. The topological polar surface area (TPSA) is 43.4 Å². The molecule has 0 aromatic heterocycles. The zero-order valence-electron chi connectivity index (χ0n) is 4.93. The first-order valence-electron chi connectivity index (χ1n) is 2.23. The molecule has 4 heteroatoms. The number of ether oxygens (including phenoxy) is 1. The highest BCUT2D eigenvalue weighted by Gasteiger charge is 2.01. The van der Waals surface area contributed by atoms with E-state index in [9.17, 15) is 9.59 Å². The standard InChI is InChI=1S/C5H8O3.Mg.2H/c1-4(6)3-5(7)8-2;;;/h3H2,1-2H3;;;. The molecule has 0 heterocycles. The lowest BCUT2D eigenvalue weighted by atomic mass is 10.3. The van der Waals surface area contributed by atoms with Crippen LogP contribution in [-0.2, 0) is 14.3 Å². The van der Waals surface area contributed by atoms with Crippen molar-refractivity contribution in [2.24, 2.45) is 0 Å². The van der Waals surface area contributed by atoms with Gasteiger partial charge in [-0.1, -0.05) is 0 Å². The molecule has 0 fully saturated rings. The number of ketones is 1. The van der Waals surface area contributed by atoms with Crippen molar-refractivity contribution in [1.82, 2.24) is 0 Å². The molecular weight excluding hydrogens is 132 g/mol. The number of esters is 1. The van der Waals surface area contributed by atoms with Crippen LogP contribution in [0.4, 0.5) is 0 Å². The number of hydrogen-bond acceptors (Lipinski definition) is 3. The Labute approximate surface area is 69.9 Å². The minimum atomic E-state index is -0.475. The van der Waals surface area contributed by atoms with Crippen LogP contribution in [0.1, 0.15) is 13.3 Å². The molecule has 0 rings (SSSR count). The van der Waals surface area contributed by atoms with E-state index in [1.807, 2.05) is 0 Å². The number of methoxy groups -OCH3 is 1. The molecule has 0 saturated heterocycles. The average Bonchev–Trinajstić information content (AvgIpc) is 1.65. The highest BCUT2D eigenvalue weighted by Crippen LogP contribution is 1.83. The SMILES string of the molecule is COC(=O)CC(C)=O.[MgH2]. The van der Waals surface area contributed by atoms with Crippen molar-refractivity contribution >= 4 is 34.8 Å². The molecule has 0 unspecified atom stereocenters. The van der Waals surface area contributed by atoms with E-state index in [4.69, 9.17) is 0 Å². The number of rotatable bonds is 2. The maximum atomic E-state index is 10.2. The van der Waals surface area contributed by atoms with Crippen LogP contribution in [0.5, 0.6) is 0 Å². The van der Waals surface area contributed by atoms with Gasteiger partial charge in [-0.15, -0.1) is 0 Å². The Kier molecular flexibility index (Phi) is 7.82. The van der Waals surface area contributed by atoms with Crippen LogP contribution in [0.2, 0.25) is 0 Å². The number of hydrogen-bond donors (Lipinski definition) is 0. The molecule has 0 radical (unpaired) electrons. The summed E-state index contributed by atoms with van der Waals surface area (Å²) < 4.78 is 4.20. The second-order valence-corrected chi connectivity index (χ2v) is 1.45. The monoisotopic (exact) mass is 142 g/mol. The van der Waals surface area contributed by atoms with Crippen LogP contribution in [-0.4, -0.2) is 41.9 Å². The molecule has 0 aliphatic heterocycles. The molecule has 0 atom stereocenters. The predicted molar refractivity (Wildman–Crippen MR) is 35.9 cm³/mol. The third-order valence-corrected chi connectivity index (χ3v) is 0.621. The van der Waals surface area contributed by atoms with Crippen LogP contribution in [0.25, 0.3) is 0 Å². The normalized spacial score (nSPS) is 7.33. The smallest absolute Gasteiger partial charge is 0.316 e. The molecule has 0 bridgehead atoms. The molecular formula is C5H10MgO3. The van der Waals surface area contributed by atoms with Gasteiger partial charge >= 0.3 is 29.0 Å². The van der Waals surface area contributed by atoms with E-state index in [2.05, 4.69) is 4.74 Å². The molecule has 0 saturated carbocycles. The van der Waals surface area contributed by atoms with Gasteiger partial charge in [0.15, 0.2) is 0 Å². The lowest BCUT2D eigenvalue weighted by molar-refractivity contribution is -0.142. The molecule has 0 amide bonds. The molecule has 9 heavy (non-hydrogen) atoms. The van der Waals surface area contributed by atoms with Gasteiger partial charge in [-0.2, -0.15) is 0 Å². The van der Waals surface area contributed by atoms with Crippen molar-refractivity contribution in [2.45, 2.75) is 13.3 Å². The zero-order chi connectivity index (χ0) is 6.57. The van der Waals surface area contributed by atoms with Gasteiger partial charge < -0.3 is 4.74 Å². The number of carbonyl (C=O) groups excluding carboxylic acids is 2. The lowest BCUT2D eigenvalue weighted by Crippen LogP contribution is -2.05. The van der Waals surface area contributed by atoms with E-state index in [1.165, 1.54) is 14.0 Å². The van der Waals surface area contributed by atoms with Gasteiger partial charge in [0.2, 0.25) is 0 Å². The van der Waals surface area contributed by atoms with Gasteiger partial charge in [-0.25, -0.2) is 0 Å². The van der Waals surface area contributed by atoms with E-state index >= 15 is 0 Å². The zero-order valence-corrected chi connectivity index (χ0v) is 4.93. The largest absolute Gasteiger partial charge is 0.469 e. The van der Waals surface area contributed by atoms with E-state index in [1.54, 1.807) is 0 Å². The van der Waals surface area contributed by atoms with E-state index in [0.717, 1.165) is 0 Å². The molecule has 0 aliphatic carbocycles. The Morgan fingerprint density at radius 2 is 1.89 bits per heavy atom. The van der Waals surface area contributed by atoms with Crippen molar-refractivity contribution in [2.75, 3.05) is 7.11 Å². The summed E-state index contributed by atoms with van der Waals surface area (Å²) in [6, 6.07) is 0. The number of carbonyl (C=O) groups is 2. The predicted octanol–water partition coefficient (Wildman–Crippen LogP) is -0.778. The first kappa shape index (κ1) is 11.7. The summed E-state index contributed by atoms with van der Waals surface area (Å²) in [5, 5.41) is 0. The van der Waals surface area contributed by atoms with Gasteiger partial charge in [0.05, 0.1) is 7.11 Å². The van der Waals surface area contributed by atoms with Crippen molar-refractivity contribution in [3.8, 4) is 0 Å². The summed E-state index contributed by atoms with van der Waals surface area (Å²) in [5.74, 6) is -0.644. The van der Waals surface area contributed by atoms with E-state index < -0.39 is 5.97 Å². The fraction of sp³-hybridized carbons (Fsp3) is 0.600. The summed E-state index contributed by atoms with van der Waals surface area (Å²) in [5.41, 5.74) is 0. The maximum absolute atomic E-state index is 10.2. The third kappa shape index (κ3) is 7.91. The Bertz CT molecular complexity index is 111. The van der Waals surface area contributed by atoms with Crippen LogP contribution in [0.15, 0.2) is 0 Å². The maximum Gasteiger partial charge on any atom is 0.316 e. The fourth-order valence-corrected chi connectivity index (χ4v) is 0.275. The molecule has 3 nitrogen and oxygen atoms in total. The molecule has 0 spiro atoms. The van der Waals surface area contributed by atoms with Crippen molar-refractivity contribution < 1.29 is 14.3 Å². The van der Waals surface area contributed by atoms with Gasteiger partial charge in [-0.05, 0) is 6.92 Å². The molecule has 0 aromatic carbocycles. The van der Waals surface area contributed by atoms with Crippen LogP contribution < -0.4 is 0 Å². The highest BCUT2D eigenvalue weighted by atomic mass is 24.3. The molecule has 0 aromatic rings. The van der Waals surface area contributed by atoms with Crippen molar-refractivity contribution in [3.05, 3.63) is 0 Å². The van der Waals surface area contributed by atoms with E-state index in [-0.39, 0.29) is 35.3 Å². The van der Waals surface area contributed by atoms with Crippen molar-refractivity contribution in [3.63, 3.8) is 0 Å². The van der Waals surface area contributed by atoms with Gasteiger partial charge in [0.1, 0.15) is 12.2 Å². The third-order valence-electron chi connectivity index (χ3n) is 0.621. The first-order chi connectivity index (χ1) is 3.66. The number of Topliss-reactive ketones (excluding diaryl/α,β-unsaturated/α-hetero) is 1. The quantitative estimate of drug-likeness (QED) is 0.289. The second kappa shape index (κ2) is 6.03. The van der Waals surface area contributed by atoms with Crippen molar-refractivity contribution in [1.29, 1.82) is 0 Å². The highest BCUT2D eigenvalue weighted by molar-refractivity contribution is 5.93. The fourth-order valence-electron chi connectivity index (χ4n) is 0.275. The lowest BCUT2D eigenvalue weighted by Gasteiger charge is -1.90. The average molecular weight is 142 g/mol. The minimum absolute atomic E-state index is 0. The summed E-state index contributed by atoms with van der Waals surface area (Å²) in [7, 11) is 1.26. The molecule has 0 aliphatic rings. The minimum Gasteiger partial charge on any atom is -0.469 e. The second-order valence-electron chi connectivity index (χ2n) is 1.45. The van der Waals surface area contributed by atoms with Gasteiger partial charge in [-0.3, -0.25) is 9.59 Å². The van der Waals surface area contributed by atoms with Crippen LogP contribution >= 0.6 is 0 Å². The van der Waals surface area contributed by atoms with Gasteiger partial charge in [0, 0.05) is 0 Å². The van der Waals surface area contributed by atoms with Crippen LogP contribution in [0, 0.1) is 0 Å². The Morgan fingerprint density at radius 3 is 2.00 bits per heavy atom. The molecule has 0 N–H and O–H groups in total. The Hall–Kier alpha value is -0.0938. The Balaban J connectivity index is 0. The van der Waals surface area contributed by atoms with E-state index in [0.29, 0.717) is 0 Å². The summed E-state index contributed by atoms with van der Waals surface area (Å²) >= 11 is 0. The molecule has 50 valence electrons.